The summed E-state index contributed by atoms with van der Waals surface area (Å²) >= 11 is 1.65. The van der Waals surface area contributed by atoms with Crippen molar-refractivity contribution in [3.63, 3.8) is 0 Å². The molecular formula is C25H31N3O3S. The molecule has 7 heteroatoms. The number of thioether (sulfide) groups is 1. The number of hydrogen-bond donors (Lipinski definition) is 2. The van der Waals surface area contributed by atoms with Gasteiger partial charge in [0.2, 0.25) is 5.91 Å². The summed E-state index contributed by atoms with van der Waals surface area (Å²) in [5, 5.41) is 12.8. The molecule has 32 heavy (non-hydrogen) atoms. The van der Waals surface area contributed by atoms with Crippen LogP contribution < -0.4 is 5.32 Å². The Morgan fingerprint density at radius 3 is 2.75 bits per heavy atom. The first-order valence-electron chi connectivity index (χ1n) is 10.9. The van der Waals surface area contributed by atoms with Gasteiger partial charge in [-0.1, -0.05) is 30.3 Å². The highest BCUT2D eigenvalue weighted by atomic mass is 32.2. The fourth-order valence-electron chi connectivity index (χ4n) is 3.98. The maximum Gasteiger partial charge on any atom is 0.320 e. The molecule has 1 aromatic heterocycles. The summed E-state index contributed by atoms with van der Waals surface area (Å²) in [5.74, 6) is 0.0604. The van der Waals surface area contributed by atoms with Gasteiger partial charge in [-0.3, -0.25) is 14.6 Å². The summed E-state index contributed by atoms with van der Waals surface area (Å²) in [4.78, 5) is 30.7. The first-order valence-corrected chi connectivity index (χ1v) is 12.3. The monoisotopic (exact) mass is 453 g/mol. The number of benzene rings is 1. The summed E-state index contributed by atoms with van der Waals surface area (Å²) in [6, 6.07) is 11.4. The van der Waals surface area contributed by atoms with Crippen LogP contribution in [0, 0.1) is 6.92 Å². The Morgan fingerprint density at radius 2 is 2.06 bits per heavy atom. The quantitative estimate of drug-likeness (QED) is 0.574. The van der Waals surface area contributed by atoms with Gasteiger partial charge in [0.15, 0.2) is 0 Å². The normalized spacial score (nSPS) is 15.0. The van der Waals surface area contributed by atoms with Crippen LogP contribution in [0.15, 0.2) is 54.4 Å². The Balaban J connectivity index is 1.80. The number of rotatable bonds is 10. The number of carboxylic acid groups (broad SMARTS) is 1. The van der Waals surface area contributed by atoms with E-state index in [4.69, 9.17) is 0 Å². The number of carbonyl (C=O) groups excluding carboxylic acids is 1. The lowest BCUT2D eigenvalue weighted by Crippen LogP contribution is -2.42. The Hall–Kier alpha value is -2.64. The van der Waals surface area contributed by atoms with Gasteiger partial charge in [0.05, 0.1) is 6.42 Å². The van der Waals surface area contributed by atoms with E-state index < -0.39 is 12.0 Å². The Kier molecular flexibility index (Phi) is 8.88. The molecule has 1 amide bonds. The number of aliphatic carboxylic acids is 1. The van der Waals surface area contributed by atoms with Crippen LogP contribution in [0.1, 0.15) is 29.5 Å². The summed E-state index contributed by atoms with van der Waals surface area (Å²) in [6.45, 7) is 3.75. The first kappa shape index (κ1) is 24.0. The number of nitrogens with zero attached hydrogens (tertiary/aromatic N) is 2. The standard InChI is InChI=1S/C25H31N3O3S/c1-18-6-3-4-8-21(18)22-17-28(24(29)14-19-7-5-11-26-15-19)12-9-20(22)16-27-23(25(30)31)10-13-32-2/h3-8,11,15,23,27H,9-10,12-14,16-17H2,1-2H3,(H,30,31)/t23-/m0/s1. The number of aromatic nitrogens is 1. The smallest absolute Gasteiger partial charge is 0.320 e. The van der Waals surface area contributed by atoms with Crippen molar-refractivity contribution in [3.8, 4) is 0 Å². The van der Waals surface area contributed by atoms with Gasteiger partial charge in [0.25, 0.3) is 0 Å². The highest BCUT2D eigenvalue weighted by Gasteiger charge is 2.25. The maximum absolute atomic E-state index is 13.0. The number of aryl methyl sites for hydroxylation is 1. The average molecular weight is 454 g/mol. The minimum atomic E-state index is -0.818. The van der Waals surface area contributed by atoms with Crippen LogP contribution in [0.25, 0.3) is 5.57 Å². The van der Waals surface area contributed by atoms with Crippen LogP contribution in [-0.2, 0) is 16.0 Å². The van der Waals surface area contributed by atoms with Crippen LogP contribution in [0.3, 0.4) is 0 Å². The lowest BCUT2D eigenvalue weighted by atomic mass is 9.90. The molecule has 0 saturated carbocycles. The summed E-state index contributed by atoms with van der Waals surface area (Å²) in [7, 11) is 0. The molecule has 0 fully saturated rings. The van der Waals surface area contributed by atoms with Crippen molar-refractivity contribution in [1.29, 1.82) is 0 Å². The molecule has 1 aromatic carbocycles. The predicted octanol–water partition coefficient (Wildman–Crippen LogP) is 3.41. The number of pyridine rings is 1. The zero-order chi connectivity index (χ0) is 22.9. The van der Waals surface area contributed by atoms with E-state index in [0.717, 1.165) is 34.4 Å². The molecule has 2 aromatic rings. The van der Waals surface area contributed by atoms with Crippen LogP contribution in [-0.4, -0.2) is 64.6 Å². The second kappa shape index (κ2) is 11.8. The SMILES string of the molecule is CSCC[C@H](NCC1=C(c2ccccc2C)CN(C(=O)Cc2cccnc2)CC1)C(=O)O. The summed E-state index contributed by atoms with van der Waals surface area (Å²) in [6.07, 6.45) is 7.06. The van der Waals surface area contributed by atoms with Crippen LogP contribution >= 0.6 is 11.8 Å². The van der Waals surface area contributed by atoms with E-state index in [-0.39, 0.29) is 5.91 Å². The third kappa shape index (κ3) is 6.43. The lowest BCUT2D eigenvalue weighted by molar-refractivity contribution is -0.139. The molecule has 0 aliphatic carbocycles. The summed E-state index contributed by atoms with van der Waals surface area (Å²) in [5.41, 5.74) is 5.48. The number of hydrogen-bond acceptors (Lipinski definition) is 5. The van der Waals surface area contributed by atoms with E-state index in [1.807, 2.05) is 35.4 Å². The van der Waals surface area contributed by atoms with Crippen LogP contribution in [0.5, 0.6) is 0 Å². The predicted molar refractivity (Wildman–Crippen MR) is 130 cm³/mol. The van der Waals surface area contributed by atoms with E-state index in [2.05, 4.69) is 29.4 Å². The molecule has 1 atom stereocenters. The van der Waals surface area contributed by atoms with Crippen molar-refractivity contribution in [2.45, 2.75) is 32.2 Å². The van der Waals surface area contributed by atoms with E-state index in [1.165, 1.54) is 5.57 Å². The second-order valence-electron chi connectivity index (χ2n) is 8.05. The van der Waals surface area contributed by atoms with Gasteiger partial charge in [0, 0.05) is 32.0 Å². The van der Waals surface area contributed by atoms with E-state index in [9.17, 15) is 14.7 Å². The largest absolute Gasteiger partial charge is 0.480 e. The second-order valence-corrected chi connectivity index (χ2v) is 9.04. The fraction of sp³-hybridized carbons (Fsp3) is 0.400. The highest BCUT2D eigenvalue weighted by Crippen LogP contribution is 2.29. The Morgan fingerprint density at radius 1 is 1.25 bits per heavy atom. The molecule has 0 spiro atoms. The molecule has 170 valence electrons. The number of carbonyl (C=O) groups is 2. The minimum Gasteiger partial charge on any atom is -0.480 e. The molecule has 3 rings (SSSR count). The van der Waals surface area contributed by atoms with E-state index in [1.54, 1.807) is 24.2 Å². The van der Waals surface area contributed by atoms with Crippen molar-refractivity contribution >= 4 is 29.2 Å². The molecule has 1 aliphatic heterocycles. The van der Waals surface area contributed by atoms with Crippen molar-refractivity contribution < 1.29 is 14.7 Å². The van der Waals surface area contributed by atoms with Crippen molar-refractivity contribution in [2.75, 3.05) is 31.6 Å². The molecule has 6 nitrogen and oxygen atoms in total. The Labute approximate surface area is 194 Å². The number of amides is 1. The molecule has 2 heterocycles. The van der Waals surface area contributed by atoms with Crippen molar-refractivity contribution in [1.82, 2.24) is 15.2 Å². The molecule has 0 radical (unpaired) electrons. The van der Waals surface area contributed by atoms with Crippen molar-refractivity contribution in [2.24, 2.45) is 0 Å². The molecule has 0 unspecified atom stereocenters. The van der Waals surface area contributed by atoms with Crippen molar-refractivity contribution in [3.05, 3.63) is 71.1 Å². The minimum absolute atomic E-state index is 0.0828. The maximum atomic E-state index is 13.0. The molecule has 0 saturated heterocycles. The van der Waals surface area contributed by atoms with Crippen LogP contribution in [0.4, 0.5) is 0 Å². The third-order valence-electron chi connectivity index (χ3n) is 5.83. The first-order chi connectivity index (χ1) is 15.5. The average Bonchev–Trinajstić information content (AvgIpc) is 2.80. The molecule has 2 N–H and O–H groups in total. The van der Waals surface area contributed by atoms with Gasteiger partial charge in [-0.25, -0.2) is 0 Å². The van der Waals surface area contributed by atoms with Gasteiger partial charge < -0.3 is 15.3 Å². The van der Waals surface area contributed by atoms with Gasteiger partial charge >= 0.3 is 5.97 Å². The van der Waals surface area contributed by atoms with Gasteiger partial charge in [0.1, 0.15) is 6.04 Å². The van der Waals surface area contributed by atoms with Crippen LogP contribution in [0.2, 0.25) is 0 Å². The Bertz CT molecular complexity index is 962. The van der Waals surface area contributed by atoms with Gasteiger partial charge in [-0.15, -0.1) is 0 Å². The van der Waals surface area contributed by atoms with Gasteiger partial charge in [-0.2, -0.15) is 11.8 Å². The zero-order valence-corrected chi connectivity index (χ0v) is 19.5. The lowest BCUT2D eigenvalue weighted by Gasteiger charge is -2.32. The third-order valence-corrected chi connectivity index (χ3v) is 6.47. The number of nitrogens with one attached hydrogen (secondary N) is 1. The topological polar surface area (TPSA) is 82.5 Å². The molecule has 0 bridgehead atoms. The van der Waals surface area contributed by atoms with Gasteiger partial charge in [-0.05, 0) is 65.7 Å². The molecule has 1 aliphatic rings. The summed E-state index contributed by atoms with van der Waals surface area (Å²) < 4.78 is 0. The van der Waals surface area contributed by atoms with E-state index >= 15 is 0 Å². The fourth-order valence-corrected chi connectivity index (χ4v) is 4.45. The molecular weight excluding hydrogens is 422 g/mol. The number of carboxylic acids is 1. The van der Waals surface area contributed by atoms with E-state index in [0.29, 0.717) is 32.5 Å². The highest BCUT2D eigenvalue weighted by molar-refractivity contribution is 7.98. The zero-order valence-electron chi connectivity index (χ0n) is 18.7.